The molecule has 4 rings (SSSR count). The van der Waals surface area contributed by atoms with Gasteiger partial charge in [-0.15, -0.1) is 0 Å². The van der Waals surface area contributed by atoms with Gasteiger partial charge in [0.1, 0.15) is 0 Å². The molecule has 1 saturated heterocycles. The molecule has 3 fully saturated rings. The van der Waals surface area contributed by atoms with Crippen molar-refractivity contribution in [3.05, 3.63) is 18.0 Å². The average Bonchev–Trinajstić information content (AvgIpc) is 3.36. The van der Waals surface area contributed by atoms with Crippen LogP contribution in [0.2, 0.25) is 0 Å². The SMILES string of the molecule is COCCN1C(=O)C[C@@H](CN[C@H]2CCC[C@@H](C3CC3)C2)[C@@H]1c1cnn(C)c1. The quantitative estimate of drug-likeness (QED) is 0.760. The Morgan fingerprint density at radius 1 is 1.26 bits per heavy atom. The first-order valence-corrected chi connectivity index (χ1v) is 10.7. The molecule has 6 heteroatoms. The number of ether oxygens (including phenoxy) is 1. The van der Waals surface area contributed by atoms with E-state index in [0.717, 1.165) is 23.9 Å². The van der Waals surface area contributed by atoms with Gasteiger partial charge in [-0.2, -0.15) is 5.10 Å². The fourth-order valence-corrected chi connectivity index (χ4v) is 5.27. The van der Waals surface area contributed by atoms with Gasteiger partial charge >= 0.3 is 0 Å². The smallest absolute Gasteiger partial charge is 0.223 e. The Bertz CT molecular complexity index is 642. The highest BCUT2D eigenvalue weighted by molar-refractivity contribution is 5.79. The van der Waals surface area contributed by atoms with Gasteiger partial charge in [-0.05, 0) is 37.5 Å². The summed E-state index contributed by atoms with van der Waals surface area (Å²) in [5.74, 6) is 2.50. The van der Waals surface area contributed by atoms with E-state index in [9.17, 15) is 4.79 Å². The first kappa shape index (κ1) is 18.9. The zero-order valence-electron chi connectivity index (χ0n) is 16.8. The summed E-state index contributed by atoms with van der Waals surface area (Å²) in [5, 5.41) is 8.19. The highest BCUT2D eigenvalue weighted by Crippen LogP contribution is 2.44. The lowest BCUT2D eigenvalue weighted by Gasteiger charge is -2.32. The summed E-state index contributed by atoms with van der Waals surface area (Å²) >= 11 is 0. The standard InChI is InChI=1S/C21H34N4O2/c1-24-14-18(13-23-24)21-17(11-20(26)25(21)8-9-27-2)12-22-19-5-3-4-16(10-19)15-6-7-15/h13-17,19,21-22H,3-12H2,1-2H3/t16-,17+,19+,21-/m1/s1. The number of amides is 1. The van der Waals surface area contributed by atoms with Crippen molar-refractivity contribution in [3.8, 4) is 0 Å². The van der Waals surface area contributed by atoms with Crippen LogP contribution in [-0.2, 0) is 16.6 Å². The van der Waals surface area contributed by atoms with Crippen LogP contribution in [0.1, 0.15) is 56.6 Å². The van der Waals surface area contributed by atoms with Gasteiger partial charge in [-0.3, -0.25) is 9.48 Å². The molecule has 1 aliphatic heterocycles. The molecular weight excluding hydrogens is 340 g/mol. The van der Waals surface area contributed by atoms with Crippen molar-refractivity contribution >= 4 is 5.91 Å². The third-order valence-electron chi connectivity index (χ3n) is 6.81. The summed E-state index contributed by atoms with van der Waals surface area (Å²) in [4.78, 5) is 14.7. The molecule has 0 bridgehead atoms. The maximum atomic E-state index is 12.7. The predicted octanol–water partition coefficient (Wildman–Crippen LogP) is 2.51. The summed E-state index contributed by atoms with van der Waals surface area (Å²) in [6.07, 6.45) is 12.9. The van der Waals surface area contributed by atoms with Gasteiger partial charge in [0.15, 0.2) is 0 Å². The van der Waals surface area contributed by atoms with E-state index in [1.165, 1.54) is 38.5 Å². The second-order valence-electron chi connectivity index (χ2n) is 8.81. The van der Waals surface area contributed by atoms with E-state index < -0.39 is 0 Å². The topological polar surface area (TPSA) is 59.4 Å². The van der Waals surface area contributed by atoms with Crippen molar-refractivity contribution in [3.63, 3.8) is 0 Å². The highest BCUT2D eigenvalue weighted by atomic mass is 16.5. The molecule has 2 aliphatic carbocycles. The molecule has 6 nitrogen and oxygen atoms in total. The number of methoxy groups -OCH3 is 1. The van der Waals surface area contributed by atoms with Crippen molar-refractivity contribution in [2.24, 2.45) is 24.8 Å². The number of hydrogen-bond donors (Lipinski definition) is 1. The molecule has 0 spiro atoms. The van der Waals surface area contributed by atoms with Gasteiger partial charge < -0.3 is 15.0 Å². The van der Waals surface area contributed by atoms with Gasteiger partial charge in [0.2, 0.25) is 5.91 Å². The first-order valence-electron chi connectivity index (χ1n) is 10.7. The number of nitrogens with zero attached hydrogens (tertiary/aromatic N) is 3. The third-order valence-corrected chi connectivity index (χ3v) is 6.81. The Kier molecular flexibility index (Phi) is 5.83. The Morgan fingerprint density at radius 3 is 2.81 bits per heavy atom. The molecule has 3 aliphatic rings. The van der Waals surface area contributed by atoms with E-state index in [1.807, 2.05) is 22.8 Å². The molecule has 1 aromatic rings. The molecule has 1 N–H and O–H groups in total. The highest BCUT2D eigenvalue weighted by Gasteiger charge is 2.41. The van der Waals surface area contributed by atoms with Crippen molar-refractivity contribution < 1.29 is 9.53 Å². The lowest BCUT2D eigenvalue weighted by Crippen LogP contribution is -2.39. The fraction of sp³-hybridized carbons (Fsp3) is 0.810. The molecule has 0 radical (unpaired) electrons. The second-order valence-corrected chi connectivity index (χ2v) is 8.81. The molecule has 2 saturated carbocycles. The van der Waals surface area contributed by atoms with Crippen LogP contribution < -0.4 is 5.32 Å². The minimum Gasteiger partial charge on any atom is -0.383 e. The summed E-state index contributed by atoms with van der Waals surface area (Å²) < 4.78 is 7.07. The number of likely N-dealkylation sites (tertiary alicyclic amines) is 1. The van der Waals surface area contributed by atoms with Crippen LogP contribution in [0.15, 0.2) is 12.4 Å². The minimum absolute atomic E-state index is 0.108. The minimum atomic E-state index is 0.108. The Balaban J connectivity index is 1.41. The van der Waals surface area contributed by atoms with Crippen molar-refractivity contribution in [1.82, 2.24) is 20.0 Å². The fourth-order valence-electron chi connectivity index (χ4n) is 5.27. The van der Waals surface area contributed by atoms with Gasteiger partial charge in [-0.25, -0.2) is 0 Å². The molecule has 2 heterocycles. The molecule has 1 aromatic heterocycles. The van der Waals surface area contributed by atoms with Gasteiger partial charge in [0.05, 0.1) is 18.8 Å². The first-order chi connectivity index (χ1) is 13.2. The van der Waals surface area contributed by atoms with Crippen LogP contribution in [0.3, 0.4) is 0 Å². The van der Waals surface area contributed by atoms with Crippen LogP contribution in [0.4, 0.5) is 0 Å². The summed E-state index contributed by atoms with van der Waals surface area (Å²) in [7, 11) is 3.63. The van der Waals surface area contributed by atoms with E-state index in [-0.39, 0.29) is 11.9 Å². The number of hydrogen-bond acceptors (Lipinski definition) is 4. The lowest BCUT2D eigenvalue weighted by atomic mass is 9.82. The summed E-state index contributed by atoms with van der Waals surface area (Å²) in [5.41, 5.74) is 1.14. The van der Waals surface area contributed by atoms with E-state index in [2.05, 4.69) is 16.6 Å². The molecule has 150 valence electrons. The molecule has 0 aromatic carbocycles. The molecule has 1 amide bonds. The Hall–Kier alpha value is -1.40. The molecule has 4 atom stereocenters. The van der Waals surface area contributed by atoms with Crippen molar-refractivity contribution in [1.29, 1.82) is 0 Å². The van der Waals surface area contributed by atoms with Gasteiger partial charge in [0, 0.05) is 57.4 Å². The van der Waals surface area contributed by atoms with Crippen LogP contribution in [-0.4, -0.2) is 53.4 Å². The van der Waals surface area contributed by atoms with Crippen LogP contribution >= 0.6 is 0 Å². The monoisotopic (exact) mass is 374 g/mol. The summed E-state index contributed by atoms with van der Waals surface area (Å²) in [6.45, 7) is 2.14. The summed E-state index contributed by atoms with van der Waals surface area (Å²) in [6, 6.07) is 0.735. The van der Waals surface area contributed by atoms with Crippen LogP contribution in [0.5, 0.6) is 0 Å². The number of aromatic nitrogens is 2. The normalized spacial score (nSPS) is 31.6. The third kappa shape index (κ3) is 4.37. The number of carbonyl (C=O) groups excluding carboxylic acids is 1. The van der Waals surface area contributed by atoms with E-state index in [0.29, 0.717) is 31.5 Å². The molecular formula is C21H34N4O2. The maximum absolute atomic E-state index is 12.7. The van der Waals surface area contributed by atoms with E-state index in [4.69, 9.17) is 4.74 Å². The number of aryl methyl sites for hydroxylation is 1. The lowest BCUT2D eigenvalue weighted by molar-refractivity contribution is -0.129. The van der Waals surface area contributed by atoms with E-state index >= 15 is 0 Å². The van der Waals surface area contributed by atoms with E-state index in [1.54, 1.807) is 7.11 Å². The number of carbonyl (C=O) groups is 1. The van der Waals surface area contributed by atoms with Crippen molar-refractivity contribution in [2.45, 2.75) is 57.0 Å². The number of nitrogens with one attached hydrogen (secondary N) is 1. The van der Waals surface area contributed by atoms with Crippen LogP contribution in [0.25, 0.3) is 0 Å². The molecule has 0 unspecified atom stereocenters. The molecule has 27 heavy (non-hydrogen) atoms. The zero-order valence-corrected chi connectivity index (χ0v) is 16.8. The zero-order chi connectivity index (χ0) is 18.8. The Labute approximate surface area is 162 Å². The number of rotatable bonds is 8. The maximum Gasteiger partial charge on any atom is 0.223 e. The predicted molar refractivity (Wildman–Crippen MR) is 104 cm³/mol. The van der Waals surface area contributed by atoms with Crippen LogP contribution in [0, 0.1) is 17.8 Å². The average molecular weight is 375 g/mol. The van der Waals surface area contributed by atoms with Gasteiger partial charge in [-0.1, -0.05) is 12.8 Å². The largest absolute Gasteiger partial charge is 0.383 e. The second kappa shape index (κ2) is 8.31. The van der Waals surface area contributed by atoms with Crippen molar-refractivity contribution in [2.75, 3.05) is 26.8 Å². The Morgan fingerprint density at radius 2 is 2.11 bits per heavy atom. The van der Waals surface area contributed by atoms with Gasteiger partial charge in [0.25, 0.3) is 0 Å².